The van der Waals surface area contributed by atoms with Crippen molar-refractivity contribution in [3.05, 3.63) is 0 Å². The van der Waals surface area contributed by atoms with Crippen LogP contribution in [0.5, 0.6) is 0 Å². The van der Waals surface area contributed by atoms with Gasteiger partial charge in [0.15, 0.2) is 5.71 Å². The molecular weight excluding hydrogens is 250 g/mol. The minimum Gasteiger partial charge on any atom is -0.461 e. The number of ether oxygens (including phenoxy) is 1. The maximum atomic E-state index is 12.2. The van der Waals surface area contributed by atoms with Crippen molar-refractivity contribution in [1.29, 1.82) is 0 Å². The van der Waals surface area contributed by atoms with Crippen LogP contribution in [-0.4, -0.2) is 47.6 Å². The number of hydrogen-bond acceptors (Lipinski definition) is 6. The lowest BCUT2D eigenvalue weighted by atomic mass is 9.99. The first kappa shape index (κ1) is 13.5. The summed E-state index contributed by atoms with van der Waals surface area (Å²) in [5.74, 6) is -2.14. The van der Waals surface area contributed by atoms with Gasteiger partial charge in [-0.1, -0.05) is 13.3 Å². The topological polar surface area (TPSA) is 88.1 Å². The summed E-state index contributed by atoms with van der Waals surface area (Å²) in [4.78, 5) is 37.1. The van der Waals surface area contributed by atoms with Gasteiger partial charge in [-0.05, 0) is 13.3 Å². The second-order valence-corrected chi connectivity index (χ2v) is 4.48. The van der Waals surface area contributed by atoms with Gasteiger partial charge in [-0.15, -0.1) is 0 Å². The molecule has 2 aliphatic rings. The molecule has 0 aromatic heterocycles. The number of unbranched alkanes of at least 4 members (excludes halogenated alkanes) is 1. The van der Waals surface area contributed by atoms with Gasteiger partial charge in [-0.25, -0.2) is 4.79 Å². The lowest BCUT2D eigenvalue weighted by Crippen LogP contribution is -2.36. The van der Waals surface area contributed by atoms with Crippen LogP contribution in [0.25, 0.3) is 0 Å². The summed E-state index contributed by atoms with van der Waals surface area (Å²) >= 11 is 0. The van der Waals surface area contributed by atoms with E-state index in [4.69, 9.17) is 4.74 Å². The highest BCUT2D eigenvalue weighted by molar-refractivity contribution is 6.43. The first-order valence-corrected chi connectivity index (χ1v) is 6.47. The molecule has 0 unspecified atom stereocenters. The zero-order valence-electron chi connectivity index (χ0n) is 11.0. The Morgan fingerprint density at radius 3 is 2.74 bits per heavy atom. The summed E-state index contributed by atoms with van der Waals surface area (Å²) in [5.41, 5.74) is 2.57. The molecule has 1 saturated heterocycles. The van der Waals surface area contributed by atoms with E-state index in [9.17, 15) is 14.4 Å². The Kier molecular flexibility index (Phi) is 3.82. The molecular formula is C12H17N3O4. The molecule has 0 saturated carbocycles. The minimum atomic E-state index is -0.830. The van der Waals surface area contributed by atoms with E-state index in [-0.39, 0.29) is 24.1 Å². The van der Waals surface area contributed by atoms with E-state index in [1.807, 2.05) is 6.92 Å². The molecule has 0 aromatic carbocycles. The third-order valence-electron chi connectivity index (χ3n) is 3.24. The van der Waals surface area contributed by atoms with Gasteiger partial charge in [-0.3, -0.25) is 19.9 Å². The first-order valence-electron chi connectivity index (χ1n) is 6.47. The molecule has 2 atom stereocenters. The van der Waals surface area contributed by atoms with Crippen LogP contribution < -0.4 is 5.43 Å². The fraction of sp³-hybridized carbons (Fsp3) is 0.667. The lowest BCUT2D eigenvalue weighted by Gasteiger charge is -2.14. The molecule has 7 nitrogen and oxygen atoms in total. The monoisotopic (exact) mass is 267 g/mol. The van der Waals surface area contributed by atoms with Crippen molar-refractivity contribution in [1.82, 2.24) is 10.3 Å². The van der Waals surface area contributed by atoms with Gasteiger partial charge in [0.25, 0.3) is 5.91 Å². The number of amides is 2. The zero-order valence-corrected chi connectivity index (χ0v) is 11.0. The number of nitrogens with one attached hydrogen (secondary N) is 1. The van der Waals surface area contributed by atoms with Crippen molar-refractivity contribution in [2.45, 2.75) is 32.7 Å². The average Bonchev–Trinajstić information content (AvgIpc) is 2.91. The van der Waals surface area contributed by atoms with E-state index in [0.717, 1.165) is 12.8 Å². The molecule has 104 valence electrons. The van der Waals surface area contributed by atoms with Crippen molar-refractivity contribution >= 4 is 23.5 Å². The van der Waals surface area contributed by atoms with Crippen LogP contribution >= 0.6 is 0 Å². The summed E-state index contributed by atoms with van der Waals surface area (Å²) in [5, 5.41) is 3.78. The summed E-state index contributed by atoms with van der Waals surface area (Å²) in [6.07, 6.45) is 1.64. The summed E-state index contributed by atoms with van der Waals surface area (Å²) in [7, 11) is 0. The van der Waals surface area contributed by atoms with E-state index in [1.54, 1.807) is 6.92 Å². The van der Waals surface area contributed by atoms with Crippen molar-refractivity contribution in [3.63, 3.8) is 0 Å². The highest BCUT2D eigenvalue weighted by atomic mass is 16.5. The first-order chi connectivity index (χ1) is 9.11. The Hall–Kier alpha value is -1.92. The van der Waals surface area contributed by atoms with E-state index in [1.165, 1.54) is 4.90 Å². The third kappa shape index (κ3) is 2.20. The van der Waals surface area contributed by atoms with Crippen LogP contribution in [0.3, 0.4) is 0 Å². The molecule has 0 aromatic rings. The van der Waals surface area contributed by atoms with E-state index in [0.29, 0.717) is 6.54 Å². The van der Waals surface area contributed by atoms with E-state index < -0.39 is 17.9 Å². The highest BCUT2D eigenvalue weighted by Gasteiger charge is 2.54. The van der Waals surface area contributed by atoms with Gasteiger partial charge >= 0.3 is 5.97 Å². The second-order valence-electron chi connectivity index (χ2n) is 4.48. The maximum absolute atomic E-state index is 12.2. The van der Waals surface area contributed by atoms with E-state index >= 15 is 0 Å². The average molecular weight is 267 g/mol. The Morgan fingerprint density at radius 2 is 2.11 bits per heavy atom. The number of carbonyl (C=O) groups is 3. The lowest BCUT2D eigenvalue weighted by molar-refractivity contribution is -0.140. The number of likely N-dealkylation sites (tertiary alicyclic amines) is 1. The molecule has 2 aliphatic heterocycles. The quantitative estimate of drug-likeness (QED) is 0.544. The van der Waals surface area contributed by atoms with Gasteiger partial charge < -0.3 is 4.74 Å². The molecule has 0 aliphatic carbocycles. The number of fused-ring (bicyclic) bond motifs is 1. The standard InChI is InChI=1S/C12H17N3O4/c1-3-5-6-15-10(16)7-8(11(15)17)13-14-9(7)12(18)19-4-2/h7-8,13H,3-6H2,1-2H3/t7-,8+/m1/s1. The number of imide groups is 1. The molecule has 0 spiro atoms. The fourth-order valence-corrected chi connectivity index (χ4v) is 2.26. The normalized spacial score (nSPS) is 25.2. The summed E-state index contributed by atoms with van der Waals surface area (Å²) < 4.78 is 4.84. The number of hydrazone groups is 1. The van der Waals surface area contributed by atoms with Gasteiger partial charge in [0.05, 0.1) is 6.61 Å². The smallest absolute Gasteiger partial charge is 0.355 e. The number of carbonyl (C=O) groups excluding carboxylic acids is 3. The largest absolute Gasteiger partial charge is 0.461 e. The maximum Gasteiger partial charge on any atom is 0.355 e. The predicted octanol–water partition coefficient (Wildman–Crippen LogP) is -0.338. The Morgan fingerprint density at radius 1 is 1.37 bits per heavy atom. The van der Waals surface area contributed by atoms with Gasteiger partial charge in [-0.2, -0.15) is 5.10 Å². The van der Waals surface area contributed by atoms with Crippen LogP contribution in [0, 0.1) is 5.92 Å². The van der Waals surface area contributed by atoms with E-state index in [2.05, 4.69) is 10.5 Å². The minimum absolute atomic E-state index is 0.00389. The third-order valence-corrected chi connectivity index (χ3v) is 3.24. The molecule has 0 bridgehead atoms. The molecule has 0 radical (unpaired) electrons. The Labute approximate surface area is 111 Å². The number of esters is 1. The fourth-order valence-electron chi connectivity index (χ4n) is 2.26. The SMILES string of the molecule is CCCCN1C(=O)[C@H]2C(C(=O)OCC)=NN[C@@H]2C1=O. The van der Waals surface area contributed by atoms with Crippen LogP contribution in [0.4, 0.5) is 0 Å². The molecule has 1 fully saturated rings. The van der Waals surface area contributed by atoms with Gasteiger partial charge in [0.2, 0.25) is 5.91 Å². The zero-order chi connectivity index (χ0) is 14.0. The van der Waals surface area contributed by atoms with Crippen molar-refractivity contribution in [3.8, 4) is 0 Å². The molecule has 2 heterocycles. The summed E-state index contributed by atoms with van der Waals surface area (Å²) in [6, 6.07) is -0.747. The molecule has 7 heteroatoms. The number of rotatable bonds is 5. The Bertz CT molecular complexity index is 446. The van der Waals surface area contributed by atoms with Crippen LogP contribution in [0.1, 0.15) is 26.7 Å². The second kappa shape index (κ2) is 5.38. The number of nitrogens with zero attached hydrogens (tertiary/aromatic N) is 2. The van der Waals surface area contributed by atoms with Gasteiger partial charge in [0.1, 0.15) is 12.0 Å². The molecule has 1 N–H and O–H groups in total. The van der Waals surface area contributed by atoms with Crippen molar-refractivity contribution in [2.75, 3.05) is 13.2 Å². The van der Waals surface area contributed by atoms with Crippen LogP contribution in [-0.2, 0) is 19.1 Å². The highest BCUT2D eigenvalue weighted by Crippen LogP contribution is 2.26. The summed E-state index contributed by atoms with van der Waals surface area (Å²) in [6.45, 7) is 4.25. The van der Waals surface area contributed by atoms with Crippen molar-refractivity contribution in [2.24, 2.45) is 11.0 Å². The molecule has 2 rings (SSSR count). The Balaban J connectivity index is 2.14. The van der Waals surface area contributed by atoms with Crippen molar-refractivity contribution < 1.29 is 19.1 Å². The van der Waals surface area contributed by atoms with Crippen LogP contribution in [0.2, 0.25) is 0 Å². The predicted molar refractivity (Wildman–Crippen MR) is 66.1 cm³/mol. The van der Waals surface area contributed by atoms with Gasteiger partial charge in [0, 0.05) is 6.54 Å². The number of hydrogen-bond donors (Lipinski definition) is 1. The molecule has 19 heavy (non-hydrogen) atoms. The van der Waals surface area contributed by atoms with Crippen LogP contribution in [0.15, 0.2) is 5.10 Å². The molecule has 2 amide bonds.